The second kappa shape index (κ2) is 15.3. The van der Waals surface area contributed by atoms with Crippen LogP contribution >= 0.6 is 0 Å². The molecule has 2 aliphatic heterocycles. The van der Waals surface area contributed by atoms with Gasteiger partial charge in [-0.15, -0.1) is 0 Å². The predicted molar refractivity (Wildman–Crippen MR) is 284 cm³/mol. The van der Waals surface area contributed by atoms with Crippen molar-refractivity contribution in [2.24, 2.45) is 0 Å². The number of fused-ring (bicyclic) bond motifs is 7. The van der Waals surface area contributed by atoms with E-state index >= 15 is 0 Å². The van der Waals surface area contributed by atoms with Crippen molar-refractivity contribution < 1.29 is 4.42 Å². The molecule has 3 aliphatic rings. The molecule has 328 valence electrons. The molecule has 3 heterocycles. The Morgan fingerprint density at radius 3 is 1.85 bits per heavy atom. The first kappa shape index (κ1) is 41.4. The normalized spacial score (nSPS) is 15.5. The number of rotatable bonds is 6. The van der Waals surface area contributed by atoms with Gasteiger partial charge in [-0.3, -0.25) is 0 Å². The van der Waals surface area contributed by atoms with Crippen molar-refractivity contribution in [2.75, 3.05) is 9.71 Å². The zero-order chi connectivity index (χ0) is 45.8. The van der Waals surface area contributed by atoms with E-state index in [-0.39, 0.29) is 23.1 Å². The summed E-state index contributed by atoms with van der Waals surface area (Å²) in [6, 6.07) is 68.0. The van der Waals surface area contributed by atoms with Gasteiger partial charge < -0.3 is 14.1 Å². The van der Waals surface area contributed by atoms with Gasteiger partial charge >= 0.3 is 6.85 Å². The summed E-state index contributed by atoms with van der Waals surface area (Å²) in [7, 11) is 0. The third-order valence-corrected chi connectivity index (χ3v) is 15.4. The smallest absolute Gasteiger partial charge is 0.375 e. The van der Waals surface area contributed by atoms with Crippen molar-refractivity contribution in [3.05, 3.63) is 204 Å². The Morgan fingerprint density at radius 2 is 1.15 bits per heavy atom. The molecule has 0 saturated heterocycles. The van der Waals surface area contributed by atoms with Crippen molar-refractivity contribution in [3.8, 4) is 44.5 Å². The lowest BCUT2D eigenvalue weighted by molar-refractivity contribution is 0.332. The summed E-state index contributed by atoms with van der Waals surface area (Å²) in [4.78, 5) is 5.23. The second-order valence-corrected chi connectivity index (χ2v) is 21.6. The number of benzene rings is 8. The van der Waals surface area contributed by atoms with E-state index < -0.39 is 0 Å². The maximum absolute atomic E-state index is 7.36. The summed E-state index contributed by atoms with van der Waals surface area (Å²) in [5, 5.41) is 1.13. The van der Waals surface area contributed by atoms with E-state index in [2.05, 4.69) is 240 Å². The number of hydrogen-bond donors (Lipinski definition) is 0. The maximum Gasteiger partial charge on any atom is 0.375 e. The average Bonchev–Trinajstić information content (AvgIpc) is 3.74. The highest BCUT2D eigenvalue weighted by molar-refractivity contribution is 6.93. The summed E-state index contributed by atoms with van der Waals surface area (Å²) in [6.07, 6.45) is 2.32. The van der Waals surface area contributed by atoms with Gasteiger partial charge in [-0.05, 0) is 144 Å². The van der Waals surface area contributed by atoms with Crippen LogP contribution in [-0.4, -0.2) is 6.85 Å². The van der Waals surface area contributed by atoms with Crippen LogP contribution in [0.5, 0.6) is 0 Å². The van der Waals surface area contributed by atoms with Crippen LogP contribution in [-0.2, 0) is 22.8 Å². The Bertz CT molecular complexity index is 3380. The van der Waals surface area contributed by atoms with Crippen molar-refractivity contribution in [3.63, 3.8) is 0 Å². The molecule has 0 N–H and O–H groups in total. The van der Waals surface area contributed by atoms with Gasteiger partial charge in [-0.1, -0.05) is 182 Å². The fourth-order valence-electron chi connectivity index (χ4n) is 11.5. The van der Waals surface area contributed by atoms with E-state index in [0.717, 1.165) is 28.7 Å². The molecule has 0 atom stereocenters. The van der Waals surface area contributed by atoms with E-state index in [1.165, 1.54) is 95.7 Å². The molecule has 12 rings (SSSR count). The Labute approximate surface area is 396 Å². The monoisotopic (exact) mass is 868 g/mol. The van der Waals surface area contributed by atoms with Crippen LogP contribution in [0.25, 0.3) is 55.5 Å². The van der Waals surface area contributed by atoms with Gasteiger partial charge in [-0.25, -0.2) is 0 Å². The molecule has 1 aliphatic carbocycles. The number of para-hydroxylation sites is 1. The van der Waals surface area contributed by atoms with Gasteiger partial charge in [0.1, 0.15) is 11.2 Å². The lowest BCUT2D eigenvalue weighted by Crippen LogP contribution is -2.61. The number of nitrogens with zero attached hydrogens (tertiary/aromatic N) is 2. The van der Waals surface area contributed by atoms with Crippen LogP contribution in [0.15, 0.2) is 186 Å². The highest BCUT2D eigenvalue weighted by atomic mass is 16.3. The van der Waals surface area contributed by atoms with Crippen molar-refractivity contribution in [2.45, 2.75) is 84.1 Å². The minimum atomic E-state index is -0.238. The third kappa shape index (κ3) is 6.78. The lowest BCUT2D eigenvalue weighted by Gasteiger charge is -2.46. The first-order valence-corrected chi connectivity index (χ1v) is 24.2. The molecule has 4 heteroatoms. The molecular weight excluding hydrogens is 812 g/mol. The highest BCUT2D eigenvalue weighted by Gasteiger charge is 2.49. The van der Waals surface area contributed by atoms with Gasteiger partial charge in [0, 0.05) is 34.6 Å². The zero-order valence-electron chi connectivity index (χ0n) is 39.8. The molecule has 1 aromatic heterocycles. The summed E-state index contributed by atoms with van der Waals surface area (Å²) < 4.78 is 7.36. The SMILES string of the molecule is CC(C)(C)c1ccc(CN2c3cc(-c4ccccc4)cc4c3B(c3oc5ccccc5c32)N(c2ccc3c(c2)C(C)(C)CCC3(C)C)c2ccc(-c3ccccc3)cc2-4)c(-c2ccccc2)c1. The van der Waals surface area contributed by atoms with E-state index in [0.29, 0.717) is 6.54 Å². The quantitative estimate of drug-likeness (QED) is 0.155. The van der Waals surface area contributed by atoms with Gasteiger partial charge in [0.2, 0.25) is 0 Å². The van der Waals surface area contributed by atoms with Crippen molar-refractivity contribution in [1.29, 1.82) is 0 Å². The van der Waals surface area contributed by atoms with E-state index in [4.69, 9.17) is 4.42 Å². The van der Waals surface area contributed by atoms with E-state index in [1.54, 1.807) is 0 Å². The Morgan fingerprint density at radius 1 is 0.522 bits per heavy atom. The zero-order valence-corrected chi connectivity index (χ0v) is 39.8. The van der Waals surface area contributed by atoms with Crippen molar-refractivity contribution in [1.82, 2.24) is 0 Å². The molecule has 9 aromatic rings. The Kier molecular flexibility index (Phi) is 9.43. The standard InChI is InChI=1S/C63H57BN2O/c1-61(2,3)47-29-27-45(50(38-47)43-23-15-10-16-24-43)40-65-56-37-46(42-21-13-9-14-22-42)36-52-51-35-44(41-19-11-8-12-20-41)28-32-55(51)66(48-30-31-53-54(39-48)63(6,7)34-33-62(53,4)5)64(58(52)56)60-59(65)49-25-17-18-26-57(49)67-60/h8-32,35-39H,33-34,40H2,1-7H3. The summed E-state index contributed by atoms with van der Waals surface area (Å²) >= 11 is 0. The number of furan rings is 1. The van der Waals surface area contributed by atoms with Crippen LogP contribution in [0.1, 0.15) is 83.6 Å². The molecule has 67 heavy (non-hydrogen) atoms. The molecule has 8 aromatic carbocycles. The average molecular weight is 869 g/mol. The molecule has 0 fully saturated rings. The summed E-state index contributed by atoms with van der Waals surface area (Å²) in [6.45, 7) is 17.1. The summed E-state index contributed by atoms with van der Waals surface area (Å²) in [5.74, 6) is 0. The first-order valence-electron chi connectivity index (χ1n) is 24.2. The molecule has 3 nitrogen and oxygen atoms in total. The lowest BCUT2D eigenvalue weighted by atomic mass is 9.45. The van der Waals surface area contributed by atoms with Crippen LogP contribution in [0, 0.1) is 0 Å². The van der Waals surface area contributed by atoms with E-state index in [1.807, 2.05) is 0 Å². The van der Waals surface area contributed by atoms with Gasteiger partial charge in [0.05, 0.1) is 5.69 Å². The molecular formula is C63H57BN2O. The van der Waals surface area contributed by atoms with Crippen LogP contribution < -0.4 is 20.8 Å². The van der Waals surface area contributed by atoms with Gasteiger partial charge in [0.15, 0.2) is 0 Å². The maximum atomic E-state index is 7.36. The topological polar surface area (TPSA) is 19.6 Å². The predicted octanol–water partition coefficient (Wildman–Crippen LogP) is 15.7. The third-order valence-electron chi connectivity index (χ3n) is 15.4. The van der Waals surface area contributed by atoms with Crippen LogP contribution in [0.2, 0.25) is 0 Å². The molecule has 0 radical (unpaired) electrons. The number of hydrogen-bond acceptors (Lipinski definition) is 3. The highest BCUT2D eigenvalue weighted by Crippen LogP contribution is 2.52. The molecule has 0 bridgehead atoms. The Hall–Kier alpha value is -7.04. The fraction of sp³-hybridized carbons (Fsp3) is 0.206. The first-order chi connectivity index (χ1) is 32.3. The minimum Gasteiger partial charge on any atom is -0.466 e. The van der Waals surface area contributed by atoms with Crippen LogP contribution in [0.3, 0.4) is 0 Å². The van der Waals surface area contributed by atoms with Crippen molar-refractivity contribution >= 4 is 51.7 Å². The number of anilines is 4. The second-order valence-electron chi connectivity index (χ2n) is 21.6. The van der Waals surface area contributed by atoms with Gasteiger partial charge in [0.25, 0.3) is 0 Å². The molecule has 0 unspecified atom stereocenters. The van der Waals surface area contributed by atoms with Gasteiger partial charge in [-0.2, -0.15) is 0 Å². The fourth-order valence-corrected chi connectivity index (χ4v) is 11.5. The van der Waals surface area contributed by atoms with Crippen LogP contribution in [0.4, 0.5) is 22.7 Å². The van der Waals surface area contributed by atoms with E-state index in [9.17, 15) is 0 Å². The molecule has 0 saturated carbocycles. The largest absolute Gasteiger partial charge is 0.466 e. The Balaban J connectivity index is 1.17. The summed E-state index contributed by atoms with van der Waals surface area (Å²) in [5.41, 5.74) is 23.3. The minimum absolute atomic E-state index is 0.00543. The molecule has 0 amide bonds. The molecule has 0 spiro atoms.